The first-order chi connectivity index (χ1) is 48.1. The van der Waals surface area contributed by atoms with Gasteiger partial charge in [-0.25, -0.2) is 0 Å². The average Bonchev–Trinajstić information content (AvgIpc) is 0.774. The van der Waals surface area contributed by atoms with Crippen LogP contribution in [0.2, 0.25) is 0 Å². The summed E-state index contributed by atoms with van der Waals surface area (Å²) in [7, 11) is 1.21. The maximum atomic E-state index is 13.6. The number of carbonyl (C=O) groups is 6. The van der Waals surface area contributed by atoms with Crippen LogP contribution in [0.3, 0.4) is 0 Å². The van der Waals surface area contributed by atoms with Crippen LogP contribution in [-0.4, -0.2) is 321 Å². The van der Waals surface area contributed by atoms with Gasteiger partial charge in [-0.05, 0) is 39.0 Å². The third kappa shape index (κ3) is 24.1. The molecule has 0 aromatic carbocycles. The number of carbonyl (C=O) groups excluding carboxylic acids is 6. The quantitative estimate of drug-likeness (QED) is 0.0157. The van der Waals surface area contributed by atoms with Crippen LogP contribution in [0.15, 0.2) is 12.2 Å². The second-order valence-corrected chi connectivity index (χ2v) is 26.5. The highest BCUT2D eigenvalue weighted by molar-refractivity contribution is 5.76. The normalized spacial score (nSPS) is 39.0. The van der Waals surface area contributed by atoms with Crippen LogP contribution in [0.25, 0.3) is 0 Å². The Bertz CT molecular complexity index is 2570. The van der Waals surface area contributed by atoms with Crippen molar-refractivity contribution in [2.45, 2.75) is 322 Å². The van der Waals surface area contributed by atoms with E-state index >= 15 is 0 Å². The molecule has 12 unspecified atom stereocenters. The van der Waals surface area contributed by atoms with Crippen molar-refractivity contribution in [3.8, 4) is 0 Å². The van der Waals surface area contributed by atoms with Crippen LogP contribution < -0.4 is 26.6 Å². The number of aliphatic hydroxyl groups excluding tert-OH is 12. The fraction of sp³-hybridized carbons (Fsp3) is 0.877. The molecule has 0 aromatic rings. The predicted octanol–water partition coefficient (Wildman–Crippen LogP) is -5.11. The van der Waals surface area contributed by atoms with Crippen molar-refractivity contribution in [3.05, 3.63) is 12.2 Å². The summed E-state index contributed by atoms with van der Waals surface area (Å²) in [5, 5.41) is 149. The summed E-state index contributed by atoms with van der Waals surface area (Å²) in [5.74, 6) is -4.53. The number of unbranched alkanes of at least 4 members (excludes halogenated alkanes) is 11. The summed E-state index contributed by atoms with van der Waals surface area (Å²) in [6, 6.07) is -8.44. The first kappa shape index (κ1) is 85.5. The summed E-state index contributed by atoms with van der Waals surface area (Å²) in [4.78, 5) is 76.7. The van der Waals surface area contributed by atoms with E-state index in [1.54, 1.807) is 0 Å². The number of hydrogen-bond donors (Lipinski definition) is 17. The van der Waals surface area contributed by atoms with Gasteiger partial charge in [0.1, 0.15) is 147 Å². The Hall–Kier alpha value is -4.40. The molecule has 6 heterocycles. The molecule has 582 valence electrons. The molecule has 6 fully saturated rings. The van der Waals surface area contributed by atoms with Crippen molar-refractivity contribution in [1.29, 1.82) is 0 Å². The molecule has 17 N–H and O–H groups in total. The molecule has 6 saturated heterocycles. The molecule has 0 radical (unpaired) electrons. The van der Waals surface area contributed by atoms with Crippen LogP contribution in [0, 0.1) is 0 Å². The smallest absolute Gasteiger partial charge is 0.302 e. The zero-order valence-electron chi connectivity index (χ0n) is 58.5. The number of ether oxygens (including phenoxy) is 13. The van der Waals surface area contributed by atoms with Crippen molar-refractivity contribution in [2.75, 3.05) is 40.1 Å². The number of esters is 1. The summed E-state index contributed by atoms with van der Waals surface area (Å²) in [6.07, 6.45) is -25.3. The average molecular weight is 1460 g/mol. The minimum atomic E-state index is -2.06. The van der Waals surface area contributed by atoms with E-state index in [-0.39, 0.29) is 6.42 Å². The molecule has 0 bridgehead atoms. The van der Waals surface area contributed by atoms with Crippen LogP contribution >= 0.6 is 0 Å². The SMILES string of the molecule is CCCCCC/C=C\CCCCCCCCCC(=O)NC1[C@H](O[C@@H]2C(CO)O[C@@H](O[C@@H]3C(CO)O[C@@H](O[C@@H]4C(CO)O[C@@H](O[C@@H]5C(CO[C@@H]6OC(C)[C@@H](O)C(O)[C@H]6OC)O[C@@H](O)C(NC(C)=O)[C@H]5O)C(NC(C)=O)[C@H]4O)C(NC(C)=O)[C@H]3O)C(NC(C)=O)[C@H]2O)OC(COC(C)=O)[C@@H](O)[C@@H]1O. The lowest BCUT2D eigenvalue weighted by Gasteiger charge is -2.51. The molecule has 0 saturated carbocycles. The Morgan fingerprint density at radius 3 is 1.20 bits per heavy atom. The molecule has 5 amide bonds. The molecule has 30 atom stereocenters. The Kier molecular flexibility index (Phi) is 35.6. The molecule has 6 aliphatic rings. The van der Waals surface area contributed by atoms with Gasteiger partial charge in [0.15, 0.2) is 37.7 Å². The van der Waals surface area contributed by atoms with E-state index in [2.05, 4.69) is 45.7 Å². The van der Waals surface area contributed by atoms with Crippen molar-refractivity contribution in [3.63, 3.8) is 0 Å². The second kappa shape index (κ2) is 42.1. The van der Waals surface area contributed by atoms with Gasteiger partial charge in [-0.3, -0.25) is 28.8 Å². The summed E-state index contributed by atoms with van der Waals surface area (Å²) >= 11 is 0. The van der Waals surface area contributed by atoms with Gasteiger partial charge in [0.05, 0.1) is 32.5 Å². The fourth-order valence-electron chi connectivity index (χ4n) is 13.2. The molecular formula is C65H111N5O31. The zero-order chi connectivity index (χ0) is 74.4. The molecule has 36 nitrogen and oxygen atoms in total. The van der Waals surface area contributed by atoms with Crippen molar-refractivity contribution < 1.29 is 152 Å². The number of hydrogen-bond acceptors (Lipinski definition) is 31. The van der Waals surface area contributed by atoms with E-state index in [4.69, 9.17) is 61.6 Å². The van der Waals surface area contributed by atoms with Crippen LogP contribution in [0.1, 0.15) is 138 Å². The summed E-state index contributed by atoms with van der Waals surface area (Å²) < 4.78 is 77.4. The number of aliphatic hydroxyl groups is 12. The van der Waals surface area contributed by atoms with Gasteiger partial charge in [-0.1, -0.05) is 70.4 Å². The van der Waals surface area contributed by atoms with Crippen molar-refractivity contribution >= 4 is 35.5 Å². The van der Waals surface area contributed by atoms with Gasteiger partial charge in [0.25, 0.3) is 0 Å². The standard InChI is InChI=1S/C65H111N5O31/c1-9-10-11-12-13-14-15-16-17-18-19-20-21-22-23-24-41(79)70-43-49(82)48(81)39(28-90-35(7)78)97-61(43)98-55-36(25-71)94-62(44(51(55)84)67-32(4)75)99-56-37(26-72)95-63(45(52(56)85)68-33(5)76)100-57-38(27-73)96-64(46(53(57)86)69-34(6)77)101-58-40(93-60(88)42(50(58)83)66-31(3)74)29-91-65-59(89-8)54(87)47(80)30(2)92-65/h14-15,30,36-40,42-65,71-73,80-88H,9-13,16-29H2,1-8H3,(H,66,74)(H,67,75)(H,68,76)(H,69,77)(H,70,79)/b15-14-/t30?,36?,37?,38?,39?,40?,42?,43?,44?,45?,46?,47-,48-,49-,50-,51-,52-,53-,54?,55-,56-,57-,58-,59-,60-,61+,62+,63+,64+,65-/m1/s1. The first-order valence-corrected chi connectivity index (χ1v) is 34.9. The van der Waals surface area contributed by atoms with Crippen LogP contribution in [0.5, 0.6) is 0 Å². The minimum Gasteiger partial charge on any atom is -0.463 e. The lowest BCUT2D eigenvalue weighted by molar-refractivity contribution is -0.368. The Morgan fingerprint density at radius 2 is 0.782 bits per heavy atom. The topological polar surface area (TPSA) is 525 Å². The zero-order valence-corrected chi connectivity index (χ0v) is 58.5. The molecule has 6 aliphatic heterocycles. The molecular weight excluding hydrogens is 1350 g/mol. The third-order valence-electron chi connectivity index (χ3n) is 18.5. The number of allylic oxidation sites excluding steroid dienone is 2. The number of nitrogens with one attached hydrogen (secondary N) is 5. The number of methoxy groups -OCH3 is 1. The molecule has 0 aliphatic carbocycles. The van der Waals surface area contributed by atoms with E-state index < -0.39 is 252 Å². The maximum absolute atomic E-state index is 13.6. The van der Waals surface area contributed by atoms with Gasteiger partial charge in [0.2, 0.25) is 29.5 Å². The Morgan fingerprint density at radius 1 is 0.396 bits per heavy atom. The van der Waals surface area contributed by atoms with E-state index in [1.165, 1.54) is 39.7 Å². The number of amides is 5. The molecule has 36 heteroatoms. The largest absolute Gasteiger partial charge is 0.463 e. The highest BCUT2D eigenvalue weighted by Crippen LogP contribution is 2.37. The third-order valence-corrected chi connectivity index (χ3v) is 18.5. The molecule has 0 spiro atoms. The Balaban J connectivity index is 1.17. The van der Waals surface area contributed by atoms with Crippen molar-refractivity contribution in [2.24, 2.45) is 0 Å². The second-order valence-electron chi connectivity index (χ2n) is 26.5. The number of rotatable bonds is 37. The monoisotopic (exact) mass is 1460 g/mol. The van der Waals surface area contributed by atoms with E-state index in [1.807, 2.05) is 0 Å². The van der Waals surface area contributed by atoms with Crippen LogP contribution in [-0.2, 0) is 90.3 Å². The Labute approximate surface area is 586 Å². The van der Waals surface area contributed by atoms with E-state index in [0.717, 1.165) is 86.0 Å². The highest BCUT2D eigenvalue weighted by atomic mass is 16.8. The van der Waals surface area contributed by atoms with Gasteiger partial charge in [-0.2, -0.15) is 0 Å². The van der Waals surface area contributed by atoms with Gasteiger partial charge < -0.3 is 149 Å². The highest BCUT2D eigenvalue weighted by Gasteiger charge is 2.58. The summed E-state index contributed by atoms with van der Waals surface area (Å²) in [6.45, 7) is 4.63. The van der Waals surface area contributed by atoms with E-state index in [0.29, 0.717) is 6.42 Å². The first-order valence-electron chi connectivity index (χ1n) is 34.9. The molecule has 101 heavy (non-hydrogen) atoms. The molecule has 6 rings (SSSR count). The van der Waals surface area contributed by atoms with Crippen molar-refractivity contribution in [1.82, 2.24) is 26.6 Å². The fourth-order valence-corrected chi connectivity index (χ4v) is 13.2. The van der Waals surface area contributed by atoms with Gasteiger partial charge in [-0.15, -0.1) is 0 Å². The molecule has 0 aromatic heterocycles. The lowest BCUT2D eigenvalue weighted by atomic mass is 9.93. The summed E-state index contributed by atoms with van der Waals surface area (Å²) in [5.41, 5.74) is 0. The van der Waals surface area contributed by atoms with E-state index in [9.17, 15) is 90.0 Å². The predicted molar refractivity (Wildman–Crippen MR) is 344 cm³/mol. The van der Waals surface area contributed by atoms with Crippen LogP contribution in [0.4, 0.5) is 0 Å². The maximum Gasteiger partial charge on any atom is 0.302 e. The van der Waals surface area contributed by atoms with Gasteiger partial charge in [0, 0.05) is 48.1 Å². The van der Waals surface area contributed by atoms with Gasteiger partial charge >= 0.3 is 5.97 Å². The lowest BCUT2D eigenvalue weighted by Crippen LogP contribution is -2.72. The minimum absolute atomic E-state index is 0.00347.